The summed E-state index contributed by atoms with van der Waals surface area (Å²) in [4.78, 5) is 0. The van der Waals surface area contributed by atoms with Crippen molar-refractivity contribution in [3.8, 4) is 5.75 Å². The van der Waals surface area contributed by atoms with E-state index >= 15 is 0 Å². The first-order valence-corrected chi connectivity index (χ1v) is 6.64. The van der Waals surface area contributed by atoms with Crippen LogP contribution in [0.3, 0.4) is 0 Å². The van der Waals surface area contributed by atoms with Gasteiger partial charge in [-0.3, -0.25) is 0 Å². The molecule has 1 unspecified atom stereocenters. The van der Waals surface area contributed by atoms with Gasteiger partial charge in [0.25, 0.3) is 0 Å². The van der Waals surface area contributed by atoms with Crippen LogP contribution in [0.1, 0.15) is 20.3 Å². The van der Waals surface area contributed by atoms with Gasteiger partial charge in [0.1, 0.15) is 18.0 Å². The molecule has 0 aliphatic heterocycles. The molecule has 96 valence electrons. The molecule has 0 spiro atoms. The summed E-state index contributed by atoms with van der Waals surface area (Å²) in [5.74, 6) is 0.768. The van der Waals surface area contributed by atoms with Gasteiger partial charge in [0.05, 0.1) is 0 Å². The van der Waals surface area contributed by atoms with Gasteiger partial charge in [0.15, 0.2) is 0 Å². The second-order valence-corrected chi connectivity index (χ2v) is 5.33. The zero-order chi connectivity index (χ0) is 12.7. The van der Waals surface area contributed by atoms with Gasteiger partial charge in [-0.15, -0.1) is 0 Å². The Balaban J connectivity index is 2.35. The Morgan fingerprint density at radius 3 is 2.59 bits per heavy atom. The highest BCUT2D eigenvalue weighted by Crippen LogP contribution is 2.17. The molecular formula is C13H20BrNO2. The molecule has 0 amide bonds. The third kappa shape index (κ3) is 6.05. The highest BCUT2D eigenvalue weighted by molar-refractivity contribution is 9.10. The quantitative estimate of drug-likeness (QED) is 0.761. The maximum atomic E-state index is 10.1. The van der Waals surface area contributed by atoms with Crippen LogP contribution in [0.2, 0.25) is 0 Å². The van der Waals surface area contributed by atoms with E-state index in [1.54, 1.807) is 6.92 Å². The zero-order valence-corrected chi connectivity index (χ0v) is 12.0. The molecule has 0 radical (unpaired) electrons. The van der Waals surface area contributed by atoms with E-state index in [1.807, 2.05) is 24.3 Å². The van der Waals surface area contributed by atoms with Crippen molar-refractivity contribution in [1.82, 2.24) is 5.32 Å². The van der Waals surface area contributed by atoms with Gasteiger partial charge in [0, 0.05) is 11.0 Å². The fraction of sp³-hybridized carbons (Fsp3) is 0.538. The summed E-state index contributed by atoms with van der Waals surface area (Å²) in [6, 6.07) is 7.58. The molecule has 1 aromatic carbocycles. The molecule has 0 aliphatic rings. The van der Waals surface area contributed by atoms with Crippen molar-refractivity contribution >= 4 is 15.9 Å². The summed E-state index contributed by atoms with van der Waals surface area (Å²) in [7, 11) is 0. The Kier molecular flexibility index (Phi) is 5.95. The molecule has 1 rings (SSSR count). The van der Waals surface area contributed by atoms with Crippen LogP contribution in [0.15, 0.2) is 28.7 Å². The molecule has 0 heterocycles. The van der Waals surface area contributed by atoms with Crippen LogP contribution in [0.5, 0.6) is 5.75 Å². The highest BCUT2D eigenvalue weighted by atomic mass is 79.9. The van der Waals surface area contributed by atoms with Gasteiger partial charge in [-0.2, -0.15) is 0 Å². The minimum Gasteiger partial charge on any atom is -0.491 e. The van der Waals surface area contributed by atoms with E-state index in [0.29, 0.717) is 6.54 Å². The number of ether oxygens (including phenoxy) is 1. The number of rotatable bonds is 7. The Morgan fingerprint density at radius 2 is 2.00 bits per heavy atom. The lowest BCUT2D eigenvalue weighted by Crippen LogP contribution is -2.43. The van der Waals surface area contributed by atoms with Crippen molar-refractivity contribution in [3.05, 3.63) is 28.7 Å². The first-order chi connectivity index (χ1) is 8.03. The topological polar surface area (TPSA) is 41.5 Å². The fourth-order valence-corrected chi connectivity index (χ4v) is 1.62. The molecule has 0 bridgehead atoms. The zero-order valence-electron chi connectivity index (χ0n) is 10.4. The molecule has 0 aromatic heterocycles. The molecule has 0 saturated heterocycles. The largest absolute Gasteiger partial charge is 0.491 e. The normalized spacial score (nSPS) is 14.4. The average molecular weight is 302 g/mol. The monoisotopic (exact) mass is 301 g/mol. The first kappa shape index (κ1) is 14.5. The van der Waals surface area contributed by atoms with E-state index in [-0.39, 0.29) is 6.61 Å². The van der Waals surface area contributed by atoms with Crippen molar-refractivity contribution in [2.75, 3.05) is 19.7 Å². The number of aliphatic hydroxyl groups is 1. The van der Waals surface area contributed by atoms with Crippen LogP contribution in [0.25, 0.3) is 0 Å². The van der Waals surface area contributed by atoms with Crippen molar-refractivity contribution < 1.29 is 9.84 Å². The van der Waals surface area contributed by atoms with Gasteiger partial charge < -0.3 is 15.2 Å². The maximum absolute atomic E-state index is 10.1. The minimum absolute atomic E-state index is 0.283. The van der Waals surface area contributed by atoms with E-state index < -0.39 is 5.60 Å². The van der Waals surface area contributed by atoms with Crippen LogP contribution in [0.4, 0.5) is 0 Å². The summed E-state index contributed by atoms with van der Waals surface area (Å²) < 4.78 is 6.56. The number of halogens is 1. The molecule has 4 heteroatoms. The molecule has 1 atom stereocenters. The molecule has 0 fully saturated rings. The lowest BCUT2D eigenvalue weighted by molar-refractivity contribution is 0.0125. The smallest absolute Gasteiger partial charge is 0.119 e. The molecule has 17 heavy (non-hydrogen) atoms. The lowest BCUT2D eigenvalue weighted by atomic mass is 10.1. The Hall–Kier alpha value is -0.580. The summed E-state index contributed by atoms with van der Waals surface area (Å²) in [5.41, 5.74) is -0.845. The van der Waals surface area contributed by atoms with Gasteiger partial charge in [-0.25, -0.2) is 0 Å². The molecule has 2 N–H and O–H groups in total. The Labute approximate surface area is 111 Å². The van der Waals surface area contributed by atoms with Crippen LogP contribution >= 0.6 is 15.9 Å². The lowest BCUT2D eigenvalue weighted by Gasteiger charge is -2.23. The molecule has 0 saturated carbocycles. The van der Waals surface area contributed by atoms with Crippen molar-refractivity contribution in [2.45, 2.75) is 25.9 Å². The summed E-state index contributed by atoms with van der Waals surface area (Å²) in [5, 5.41) is 13.2. The van der Waals surface area contributed by atoms with Crippen LogP contribution in [0, 0.1) is 0 Å². The van der Waals surface area contributed by atoms with E-state index in [2.05, 4.69) is 28.2 Å². The van der Waals surface area contributed by atoms with Crippen molar-refractivity contribution in [3.63, 3.8) is 0 Å². The first-order valence-electron chi connectivity index (χ1n) is 5.85. The second kappa shape index (κ2) is 6.99. The summed E-state index contributed by atoms with van der Waals surface area (Å²) in [6.45, 7) is 5.60. The van der Waals surface area contributed by atoms with E-state index in [9.17, 15) is 5.11 Å². The van der Waals surface area contributed by atoms with E-state index in [4.69, 9.17) is 4.74 Å². The maximum Gasteiger partial charge on any atom is 0.119 e. The van der Waals surface area contributed by atoms with Crippen molar-refractivity contribution in [1.29, 1.82) is 0 Å². The third-order valence-corrected chi connectivity index (χ3v) is 2.82. The highest BCUT2D eigenvalue weighted by Gasteiger charge is 2.20. The molecule has 3 nitrogen and oxygen atoms in total. The minimum atomic E-state index is -0.845. The van der Waals surface area contributed by atoms with E-state index in [0.717, 1.165) is 23.2 Å². The Morgan fingerprint density at radius 1 is 1.35 bits per heavy atom. The van der Waals surface area contributed by atoms with E-state index in [1.165, 1.54) is 0 Å². The molecular weight excluding hydrogens is 282 g/mol. The number of benzene rings is 1. The predicted molar refractivity (Wildman–Crippen MR) is 73.4 cm³/mol. The Bertz CT molecular complexity index is 325. The summed E-state index contributed by atoms with van der Waals surface area (Å²) >= 11 is 3.36. The predicted octanol–water partition coefficient (Wildman–Crippen LogP) is 2.58. The summed E-state index contributed by atoms with van der Waals surface area (Å²) in [6.07, 6.45) is 1.06. The average Bonchev–Trinajstić information content (AvgIpc) is 2.29. The second-order valence-electron chi connectivity index (χ2n) is 4.42. The van der Waals surface area contributed by atoms with Crippen LogP contribution in [-0.4, -0.2) is 30.4 Å². The van der Waals surface area contributed by atoms with Crippen LogP contribution in [-0.2, 0) is 0 Å². The molecule has 0 aliphatic carbocycles. The number of hydrogen-bond donors (Lipinski definition) is 2. The fourth-order valence-electron chi connectivity index (χ4n) is 1.36. The van der Waals surface area contributed by atoms with Crippen LogP contribution < -0.4 is 10.1 Å². The van der Waals surface area contributed by atoms with Gasteiger partial charge >= 0.3 is 0 Å². The van der Waals surface area contributed by atoms with Crippen molar-refractivity contribution in [2.24, 2.45) is 0 Å². The van der Waals surface area contributed by atoms with Gasteiger partial charge in [-0.1, -0.05) is 22.9 Å². The van der Waals surface area contributed by atoms with Gasteiger partial charge in [0.2, 0.25) is 0 Å². The van der Waals surface area contributed by atoms with Gasteiger partial charge in [-0.05, 0) is 44.2 Å². The third-order valence-electron chi connectivity index (χ3n) is 2.30. The standard InChI is InChI=1S/C13H20BrNO2/c1-3-8-15-9-13(2,16)10-17-12-6-4-11(14)5-7-12/h4-7,15-16H,3,8-10H2,1-2H3. The number of nitrogens with one attached hydrogen (secondary N) is 1. The molecule has 1 aromatic rings. The number of hydrogen-bond acceptors (Lipinski definition) is 3. The SMILES string of the molecule is CCCNCC(C)(O)COc1ccc(Br)cc1.